The van der Waals surface area contributed by atoms with Crippen molar-refractivity contribution in [1.29, 1.82) is 0 Å². The van der Waals surface area contributed by atoms with Crippen LogP contribution in [-0.2, 0) is 9.53 Å². The molecule has 0 saturated heterocycles. The van der Waals surface area contributed by atoms with Crippen LogP contribution in [0, 0.1) is 0 Å². The van der Waals surface area contributed by atoms with E-state index in [2.05, 4.69) is 4.74 Å². The topological polar surface area (TPSA) is 26.3 Å². The van der Waals surface area contributed by atoms with Gasteiger partial charge in [0.1, 0.15) is 0 Å². The molecule has 0 radical (unpaired) electrons. The van der Waals surface area contributed by atoms with Gasteiger partial charge in [-0.2, -0.15) is 74.6 Å². The minimum atomic E-state index is -8.71. The number of hydrogen-bond donors (Lipinski definition) is 0. The number of rotatable bonds is 8. The van der Waals surface area contributed by atoms with Gasteiger partial charge in [-0.25, -0.2) is 0 Å². The molecule has 1 rings (SSSR count). The average Bonchev–Trinajstić information content (AvgIpc) is 2.66. The number of halogens is 17. The molecule has 1 aliphatic rings. The predicted molar refractivity (Wildman–Crippen MR) is 73.7 cm³/mol. The molecular weight excluding hydrogens is 535 g/mol. The molecule has 0 atom stereocenters. The molecule has 0 amide bonds. The van der Waals surface area contributed by atoms with Gasteiger partial charge in [-0.15, -0.1) is 0 Å². The second-order valence-electron chi connectivity index (χ2n) is 6.58. The zero-order valence-electron chi connectivity index (χ0n) is 15.6. The van der Waals surface area contributed by atoms with Crippen molar-refractivity contribution >= 4 is 5.78 Å². The fraction of sp³-hybridized carbons (Fsp3) is 0.667. The first kappa shape index (κ1) is 30.0. The Hall–Kier alpha value is -2.08. The van der Waals surface area contributed by atoms with Gasteiger partial charge in [0.15, 0.2) is 11.4 Å². The van der Waals surface area contributed by atoms with E-state index in [4.69, 9.17) is 0 Å². The fourth-order valence-corrected chi connectivity index (χ4v) is 2.41. The van der Waals surface area contributed by atoms with Crippen molar-refractivity contribution in [3.05, 3.63) is 24.3 Å². The van der Waals surface area contributed by atoms with E-state index >= 15 is 0 Å². The molecule has 0 N–H and O–H groups in total. The maximum absolute atomic E-state index is 14.3. The van der Waals surface area contributed by atoms with Crippen molar-refractivity contribution in [1.82, 2.24) is 0 Å². The van der Waals surface area contributed by atoms with E-state index in [0.717, 1.165) is 0 Å². The zero-order chi connectivity index (χ0) is 27.6. The number of methoxy groups -OCH3 is 1. The van der Waals surface area contributed by atoms with Gasteiger partial charge in [0.05, 0.1) is 0 Å². The Morgan fingerprint density at radius 1 is 0.559 bits per heavy atom. The minimum Gasteiger partial charge on any atom is -0.363 e. The molecule has 2 nitrogen and oxygen atoms in total. The van der Waals surface area contributed by atoms with Crippen molar-refractivity contribution in [2.75, 3.05) is 7.11 Å². The third kappa shape index (κ3) is 3.47. The number of carbonyl (C=O) groups excluding carboxylic acids is 1. The van der Waals surface area contributed by atoms with Gasteiger partial charge in [0.2, 0.25) is 0 Å². The summed E-state index contributed by atoms with van der Waals surface area (Å²) < 4.78 is 230. The molecule has 0 aromatic rings. The molecule has 0 aromatic heterocycles. The van der Waals surface area contributed by atoms with E-state index in [9.17, 15) is 79.4 Å². The van der Waals surface area contributed by atoms with Crippen LogP contribution in [0.3, 0.4) is 0 Å². The van der Waals surface area contributed by atoms with Gasteiger partial charge >= 0.3 is 47.6 Å². The minimum absolute atomic E-state index is 0.0252. The standard InChI is InChI=1S/C15H7F17O2/c1-34-7(4-2-6(33)3-5-7)8(16,17)9(18,19)10(20,21)11(22,23)12(24,25)13(26,27)14(28,29)15(30,31)32/h2-5H,1H3. The van der Waals surface area contributed by atoms with Gasteiger partial charge in [0, 0.05) is 7.11 Å². The van der Waals surface area contributed by atoms with Crippen molar-refractivity contribution in [3.63, 3.8) is 0 Å². The first-order valence-corrected chi connectivity index (χ1v) is 7.85. The van der Waals surface area contributed by atoms with E-state index in [-0.39, 0.29) is 19.3 Å². The Labute approximate surface area is 176 Å². The first-order chi connectivity index (χ1) is 14.7. The number of ether oxygens (including phenoxy) is 1. The quantitative estimate of drug-likeness (QED) is 0.348. The van der Waals surface area contributed by atoms with Crippen molar-refractivity contribution in [2.45, 2.75) is 53.2 Å². The second-order valence-corrected chi connectivity index (χ2v) is 6.58. The molecule has 0 saturated carbocycles. The van der Waals surface area contributed by atoms with Crippen LogP contribution in [0.15, 0.2) is 24.3 Å². The van der Waals surface area contributed by atoms with E-state index in [0.29, 0.717) is 0 Å². The summed E-state index contributed by atoms with van der Waals surface area (Å²) in [6.45, 7) is 0. The van der Waals surface area contributed by atoms with Gasteiger partial charge in [0.25, 0.3) is 0 Å². The molecule has 19 heteroatoms. The molecule has 0 aliphatic heterocycles. The third-order valence-corrected chi connectivity index (χ3v) is 4.54. The van der Waals surface area contributed by atoms with Gasteiger partial charge in [-0.1, -0.05) is 0 Å². The van der Waals surface area contributed by atoms with Crippen LogP contribution in [0.2, 0.25) is 0 Å². The molecule has 0 unspecified atom stereocenters. The predicted octanol–water partition coefficient (Wildman–Crippen LogP) is 6.08. The Morgan fingerprint density at radius 2 is 0.853 bits per heavy atom. The highest BCUT2D eigenvalue weighted by Gasteiger charge is 2.96. The highest BCUT2D eigenvalue weighted by Crippen LogP contribution is 2.65. The van der Waals surface area contributed by atoms with Crippen molar-refractivity contribution in [2.24, 2.45) is 0 Å². The summed E-state index contributed by atoms with van der Waals surface area (Å²) in [5.74, 6) is -58.7. The lowest BCUT2D eigenvalue weighted by atomic mass is 9.81. The lowest BCUT2D eigenvalue weighted by molar-refractivity contribution is -0.465. The second kappa shape index (κ2) is 7.71. The molecule has 0 spiro atoms. The Morgan fingerprint density at radius 3 is 1.15 bits per heavy atom. The van der Waals surface area contributed by atoms with E-state index < -0.39 is 71.2 Å². The molecule has 0 fully saturated rings. The van der Waals surface area contributed by atoms with Crippen molar-refractivity contribution < 1.29 is 84.2 Å². The number of ketones is 1. The van der Waals surface area contributed by atoms with Crippen molar-refractivity contribution in [3.8, 4) is 0 Å². The van der Waals surface area contributed by atoms with E-state index in [1.54, 1.807) is 0 Å². The number of alkyl halides is 17. The summed E-state index contributed by atoms with van der Waals surface area (Å²) in [6, 6.07) is 0. The van der Waals surface area contributed by atoms with Gasteiger partial charge in [-0.05, 0) is 24.3 Å². The molecule has 198 valence electrons. The summed E-state index contributed by atoms with van der Waals surface area (Å²) in [5.41, 5.74) is -4.31. The molecule has 1 aliphatic carbocycles. The monoisotopic (exact) mass is 542 g/mol. The van der Waals surface area contributed by atoms with Crippen LogP contribution in [0.4, 0.5) is 74.6 Å². The Balaban J connectivity index is 3.77. The van der Waals surface area contributed by atoms with Crippen LogP contribution in [0.5, 0.6) is 0 Å². The first-order valence-electron chi connectivity index (χ1n) is 7.85. The lowest BCUT2D eigenvalue weighted by Crippen LogP contribution is -2.76. The lowest BCUT2D eigenvalue weighted by Gasteiger charge is -2.46. The van der Waals surface area contributed by atoms with Crippen LogP contribution < -0.4 is 0 Å². The SMILES string of the molecule is COC1(C(F)(F)C(F)(F)C(F)(F)C(F)(F)C(F)(F)C(F)(F)C(F)(F)C(F)(F)F)C=CC(=O)C=C1. The van der Waals surface area contributed by atoms with E-state index in [1.165, 1.54) is 0 Å². The smallest absolute Gasteiger partial charge is 0.363 e. The van der Waals surface area contributed by atoms with Crippen LogP contribution in [0.25, 0.3) is 0 Å². The Bertz CT molecular complexity index is 849. The fourth-order valence-electron chi connectivity index (χ4n) is 2.41. The average molecular weight is 542 g/mol. The largest absolute Gasteiger partial charge is 0.460 e. The Kier molecular flexibility index (Phi) is 6.79. The van der Waals surface area contributed by atoms with Gasteiger partial charge < -0.3 is 4.74 Å². The maximum Gasteiger partial charge on any atom is 0.460 e. The summed E-state index contributed by atoms with van der Waals surface area (Å²) in [6.07, 6.45) is -8.85. The summed E-state index contributed by atoms with van der Waals surface area (Å²) in [7, 11) is 0.0252. The van der Waals surface area contributed by atoms with E-state index in [1.807, 2.05) is 0 Å². The van der Waals surface area contributed by atoms with Crippen LogP contribution in [-0.4, -0.2) is 66.1 Å². The van der Waals surface area contributed by atoms with Crippen LogP contribution in [0.1, 0.15) is 0 Å². The zero-order valence-corrected chi connectivity index (χ0v) is 15.6. The van der Waals surface area contributed by atoms with Gasteiger partial charge in [-0.3, -0.25) is 4.79 Å². The maximum atomic E-state index is 14.3. The molecule has 34 heavy (non-hydrogen) atoms. The number of allylic oxidation sites excluding steroid dienone is 2. The third-order valence-electron chi connectivity index (χ3n) is 4.54. The summed E-state index contributed by atoms with van der Waals surface area (Å²) in [4.78, 5) is 10.9. The number of hydrogen-bond acceptors (Lipinski definition) is 2. The summed E-state index contributed by atoms with van der Waals surface area (Å²) in [5, 5.41) is 0. The molecule has 0 bridgehead atoms. The highest BCUT2D eigenvalue weighted by molar-refractivity contribution is 6.00. The van der Waals surface area contributed by atoms with Crippen LogP contribution >= 0.6 is 0 Å². The summed E-state index contributed by atoms with van der Waals surface area (Å²) >= 11 is 0. The normalized spacial score (nSPS) is 19.1. The molecule has 0 heterocycles. The number of carbonyl (C=O) groups is 1. The molecular formula is C15H7F17O2. The highest BCUT2D eigenvalue weighted by atomic mass is 19.4. The molecule has 0 aromatic carbocycles.